The van der Waals surface area contributed by atoms with Gasteiger partial charge in [0.2, 0.25) is 0 Å². The van der Waals surface area contributed by atoms with Gasteiger partial charge in [0.25, 0.3) is 5.91 Å². The van der Waals surface area contributed by atoms with Gasteiger partial charge in [-0.25, -0.2) is 9.78 Å². The van der Waals surface area contributed by atoms with Crippen LogP contribution in [0.3, 0.4) is 0 Å². The maximum Gasteiger partial charge on any atom is 0.354 e. The number of hydrogen-bond donors (Lipinski definition) is 0. The standard InChI is InChI=1S/C19H19N3O3S2/c1-25-19(24)16-3-2-7-22(16)14-4-8-21(9-5-14)18(23)15-12-27-17(20-15)13-6-10-26-11-13/h2-3,6-7,10-12,14H,4-5,8-9H2,1H3. The Labute approximate surface area is 165 Å². The van der Waals surface area contributed by atoms with E-state index < -0.39 is 0 Å². The molecular formula is C19H19N3O3S2. The van der Waals surface area contributed by atoms with Crippen LogP contribution in [0, 0.1) is 0 Å². The van der Waals surface area contributed by atoms with E-state index in [1.54, 1.807) is 17.4 Å². The molecule has 0 saturated carbocycles. The second-order valence-corrected chi connectivity index (χ2v) is 8.00. The number of likely N-dealkylation sites (tertiary alicyclic amines) is 1. The molecule has 8 heteroatoms. The van der Waals surface area contributed by atoms with Gasteiger partial charge in [0.1, 0.15) is 16.4 Å². The zero-order chi connectivity index (χ0) is 18.8. The molecule has 0 N–H and O–H groups in total. The number of carbonyl (C=O) groups is 2. The van der Waals surface area contributed by atoms with E-state index >= 15 is 0 Å². The minimum absolute atomic E-state index is 0.0214. The van der Waals surface area contributed by atoms with Crippen LogP contribution in [-0.4, -0.2) is 46.5 Å². The molecule has 0 atom stereocenters. The molecule has 1 amide bonds. The first-order valence-corrected chi connectivity index (χ1v) is 10.5. The van der Waals surface area contributed by atoms with Crippen molar-refractivity contribution in [3.8, 4) is 10.6 Å². The number of methoxy groups -OCH3 is 1. The Bertz CT molecular complexity index is 937. The summed E-state index contributed by atoms with van der Waals surface area (Å²) < 4.78 is 6.81. The predicted octanol–water partition coefficient (Wildman–Crippen LogP) is 3.94. The van der Waals surface area contributed by atoms with Crippen LogP contribution in [0.4, 0.5) is 0 Å². The van der Waals surface area contributed by atoms with Crippen LogP contribution in [-0.2, 0) is 4.74 Å². The van der Waals surface area contributed by atoms with Crippen molar-refractivity contribution in [1.29, 1.82) is 0 Å². The van der Waals surface area contributed by atoms with E-state index in [4.69, 9.17) is 4.74 Å². The maximum atomic E-state index is 12.8. The Morgan fingerprint density at radius 1 is 1.22 bits per heavy atom. The van der Waals surface area contributed by atoms with E-state index in [1.165, 1.54) is 18.4 Å². The van der Waals surface area contributed by atoms with Gasteiger partial charge in [-0.2, -0.15) is 11.3 Å². The summed E-state index contributed by atoms with van der Waals surface area (Å²) in [7, 11) is 1.39. The third kappa shape index (κ3) is 3.54. The van der Waals surface area contributed by atoms with Crippen LogP contribution < -0.4 is 0 Å². The summed E-state index contributed by atoms with van der Waals surface area (Å²) in [6, 6.07) is 5.82. The summed E-state index contributed by atoms with van der Waals surface area (Å²) in [5.41, 5.74) is 2.13. The van der Waals surface area contributed by atoms with Crippen molar-refractivity contribution >= 4 is 34.6 Å². The SMILES string of the molecule is COC(=O)c1cccn1C1CCN(C(=O)c2csc(-c3ccsc3)n2)CC1. The quantitative estimate of drug-likeness (QED) is 0.621. The van der Waals surface area contributed by atoms with E-state index in [9.17, 15) is 9.59 Å². The van der Waals surface area contributed by atoms with Crippen LogP contribution in [0.2, 0.25) is 0 Å². The third-order valence-corrected chi connectivity index (χ3v) is 6.38. The first kappa shape index (κ1) is 17.9. The lowest BCUT2D eigenvalue weighted by Crippen LogP contribution is -2.39. The molecule has 6 nitrogen and oxygen atoms in total. The van der Waals surface area contributed by atoms with Gasteiger partial charge in [0.15, 0.2) is 0 Å². The van der Waals surface area contributed by atoms with Crippen molar-refractivity contribution in [3.05, 3.63) is 51.9 Å². The molecule has 3 aromatic heterocycles. The number of hydrogen-bond acceptors (Lipinski definition) is 6. The topological polar surface area (TPSA) is 64.4 Å². The predicted molar refractivity (Wildman–Crippen MR) is 105 cm³/mol. The minimum atomic E-state index is -0.332. The zero-order valence-electron chi connectivity index (χ0n) is 14.8. The average Bonchev–Trinajstić information content (AvgIpc) is 3.47. The number of amides is 1. The molecule has 0 unspecified atom stereocenters. The molecule has 1 saturated heterocycles. The van der Waals surface area contributed by atoms with E-state index in [-0.39, 0.29) is 17.9 Å². The number of nitrogens with zero attached hydrogens (tertiary/aromatic N) is 3. The summed E-state index contributed by atoms with van der Waals surface area (Å²) in [5.74, 6) is -0.353. The fourth-order valence-electron chi connectivity index (χ4n) is 3.39. The first-order valence-electron chi connectivity index (χ1n) is 8.70. The number of aromatic nitrogens is 2. The number of esters is 1. The van der Waals surface area contributed by atoms with Gasteiger partial charge >= 0.3 is 5.97 Å². The van der Waals surface area contributed by atoms with Gasteiger partial charge in [-0.15, -0.1) is 11.3 Å². The molecule has 140 valence electrons. The monoisotopic (exact) mass is 401 g/mol. The minimum Gasteiger partial charge on any atom is -0.464 e. The van der Waals surface area contributed by atoms with Crippen molar-refractivity contribution < 1.29 is 14.3 Å². The largest absolute Gasteiger partial charge is 0.464 e. The number of thiazole rings is 1. The molecule has 3 aromatic rings. The molecule has 4 heterocycles. The van der Waals surface area contributed by atoms with Crippen molar-refractivity contribution in [2.75, 3.05) is 20.2 Å². The van der Waals surface area contributed by atoms with Crippen molar-refractivity contribution in [2.24, 2.45) is 0 Å². The fraction of sp³-hybridized carbons (Fsp3) is 0.316. The van der Waals surface area contributed by atoms with Crippen LogP contribution in [0.15, 0.2) is 40.5 Å². The van der Waals surface area contributed by atoms with Crippen LogP contribution >= 0.6 is 22.7 Å². The average molecular weight is 402 g/mol. The molecular weight excluding hydrogens is 382 g/mol. The second kappa shape index (κ2) is 7.66. The molecule has 0 aromatic carbocycles. The molecule has 1 aliphatic heterocycles. The summed E-state index contributed by atoms with van der Waals surface area (Å²) in [6.45, 7) is 1.29. The second-order valence-electron chi connectivity index (χ2n) is 6.37. The molecule has 0 radical (unpaired) electrons. The lowest BCUT2D eigenvalue weighted by atomic mass is 10.0. The van der Waals surface area contributed by atoms with Crippen LogP contribution in [0.1, 0.15) is 39.9 Å². The van der Waals surface area contributed by atoms with Crippen molar-refractivity contribution in [2.45, 2.75) is 18.9 Å². The number of ether oxygens (including phenoxy) is 1. The van der Waals surface area contributed by atoms with E-state index in [2.05, 4.69) is 4.98 Å². The van der Waals surface area contributed by atoms with E-state index in [0.29, 0.717) is 24.5 Å². The van der Waals surface area contributed by atoms with Gasteiger partial charge in [0.05, 0.1) is 7.11 Å². The Morgan fingerprint density at radius 3 is 2.74 bits per heavy atom. The van der Waals surface area contributed by atoms with Crippen molar-refractivity contribution in [3.63, 3.8) is 0 Å². The Morgan fingerprint density at radius 2 is 2.04 bits per heavy atom. The Kier molecular flexibility index (Phi) is 5.09. The smallest absolute Gasteiger partial charge is 0.354 e. The Balaban J connectivity index is 1.41. The lowest BCUT2D eigenvalue weighted by molar-refractivity contribution is 0.0573. The van der Waals surface area contributed by atoms with E-state index in [1.807, 2.05) is 43.9 Å². The highest BCUT2D eigenvalue weighted by Crippen LogP contribution is 2.28. The van der Waals surface area contributed by atoms with Crippen molar-refractivity contribution in [1.82, 2.24) is 14.5 Å². The highest BCUT2D eigenvalue weighted by atomic mass is 32.1. The summed E-state index contributed by atoms with van der Waals surface area (Å²) >= 11 is 3.12. The van der Waals surface area contributed by atoms with Gasteiger partial charge in [-0.1, -0.05) is 0 Å². The van der Waals surface area contributed by atoms with Crippen LogP contribution in [0.5, 0.6) is 0 Å². The van der Waals surface area contributed by atoms with Gasteiger partial charge in [-0.3, -0.25) is 4.79 Å². The van der Waals surface area contributed by atoms with E-state index in [0.717, 1.165) is 23.4 Å². The molecule has 0 spiro atoms. The number of rotatable bonds is 4. The normalized spacial score (nSPS) is 15.1. The zero-order valence-corrected chi connectivity index (χ0v) is 16.5. The summed E-state index contributed by atoms with van der Waals surface area (Å²) in [5, 5.41) is 6.76. The molecule has 1 fully saturated rings. The highest BCUT2D eigenvalue weighted by Gasteiger charge is 2.27. The van der Waals surface area contributed by atoms with Gasteiger partial charge < -0.3 is 14.2 Å². The number of thiophene rings is 1. The highest BCUT2D eigenvalue weighted by molar-refractivity contribution is 7.14. The Hall–Kier alpha value is -2.45. The fourth-order valence-corrected chi connectivity index (χ4v) is 4.90. The summed E-state index contributed by atoms with van der Waals surface area (Å²) in [6.07, 6.45) is 3.50. The molecule has 4 rings (SSSR count). The lowest BCUT2D eigenvalue weighted by Gasteiger charge is -2.33. The molecule has 0 bridgehead atoms. The van der Waals surface area contributed by atoms with Crippen LogP contribution in [0.25, 0.3) is 10.6 Å². The third-order valence-electron chi connectivity index (χ3n) is 4.81. The number of piperidine rings is 1. The summed E-state index contributed by atoms with van der Waals surface area (Å²) in [4.78, 5) is 31.0. The molecule has 27 heavy (non-hydrogen) atoms. The molecule has 1 aliphatic rings. The van der Waals surface area contributed by atoms with Gasteiger partial charge in [-0.05, 0) is 36.4 Å². The van der Waals surface area contributed by atoms with Gasteiger partial charge in [0, 0.05) is 41.7 Å². The maximum absolute atomic E-state index is 12.8. The first-order chi connectivity index (χ1) is 13.2. The molecule has 0 aliphatic carbocycles. The number of carbonyl (C=O) groups excluding carboxylic acids is 2.